The molecule has 6 rings (SSSR count). The summed E-state index contributed by atoms with van der Waals surface area (Å²) < 4.78 is 13.1. The molecule has 9 heteroatoms. The predicted octanol–water partition coefficient (Wildman–Crippen LogP) is 4.66. The molecule has 1 aliphatic rings. The Morgan fingerprint density at radius 3 is 2.92 bits per heavy atom. The lowest BCUT2D eigenvalue weighted by molar-refractivity contribution is -0.122. The van der Waals surface area contributed by atoms with Gasteiger partial charge in [-0.05, 0) is 60.9 Å². The van der Waals surface area contributed by atoms with E-state index >= 15 is 0 Å². The van der Waals surface area contributed by atoms with Gasteiger partial charge in [0.1, 0.15) is 35.8 Å². The molecule has 0 aliphatic carbocycles. The monoisotopic (exact) mass is 480 g/mol. The van der Waals surface area contributed by atoms with E-state index in [9.17, 15) is 4.79 Å². The van der Waals surface area contributed by atoms with E-state index in [0.29, 0.717) is 31.2 Å². The Hall–Kier alpha value is -4.37. The minimum atomic E-state index is -0.00712. The molecule has 2 aromatic carbocycles. The zero-order valence-corrected chi connectivity index (χ0v) is 19.7. The number of ketones is 1. The second-order valence-corrected chi connectivity index (χ2v) is 8.91. The van der Waals surface area contributed by atoms with Crippen molar-refractivity contribution in [3.63, 3.8) is 0 Å². The Balaban J connectivity index is 1.22. The molecule has 0 amide bonds. The SMILES string of the molecule is Cc1cc(Nc2ncnc3ccc(CC(=O)C4CCOC4)cc23)ccc1Oc1ccn2ncnc2c1. The minimum Gasteiger partial charge on any atom is -0.457 e. The van der Waals surface area contributed by atoms with Crippen molar-refractivity contribution in [1.29, 1.82) is 0 Å². The number of fused-ring (bicyclic) bond motifs is 2. The summed E-state index contributed by atoms with van der Waals surface area (Å²) in [6, 6.07) is 15.4. The third-order valence-corrected chi connectivity index (χ3v) is 6.38. The van der Waals surface area contributed by atoms with Gasteiger partial charge in [-0.2, -0.15) is 5.10 Å². The van der Waals surface area contributed by atoms with Crippen molar-refractivity contribution >= 4 is 33.8 Å². The van der Waals surface area contributed by atoms with Crippen LogP contribution in [0.25, 0.3) is 16.6 Å². The zero-order valence-electron chi connectivity index (χ0n) is 19.7. The van der Waals surface area contributed by atoms with Crippen LogP contribution in [0.4, 0.5) is 11.5 Å². The standard InChI is InChI=1S/C27H24N6O3/c1-17-10-20(3-5-25(17)36-21-6-8-33-26(13-21)29-16-31-33)32-27-22-11-18(2-4-23(22)28-15-30-27)12-24(34)19-7-9-35-14-19/h2-6,8,10-11,13,15-16,19H,7,9,12,14H2,1H3,(H,28,30,32). The second kappa shape index (κ2) is 9.35. The van der Waals surface area contributed by atoms with Crippen molar-refractivity contribution in [1.82, 2.24) is 24.6 Å². The quantitative estimate of drug-likeness (QED) is 0.359. The van der Waals surface area contributed by atoms with Gasteiger partial charge in [0.2, 0.25) is 0 Å². The molecule has 1 fully saturated rings. The fraction of sp³-hybridized carbons (Fsp3) is 0.222. The predicted molar refractivity (Wildman–Crippen MR) is 135 cm³/mol. The van der Waals surface area contributed by atoms with Crippen LogP contribution in [0.15, 0.2) is 67.4 Å². The number of carbonyl (C=O) groups is 1. The van der Waals surface area contributed by atoms with Gasteiger partial charge in [0, 0.05) is 42.3 Å². The molecule has 4 heterocycles. The van der Waals surface area contributed by atoms with Crippen LogP contribution in [-0.2, 0) is 16.0 Å². The van der Waals surface area contributed by atoms with Gasteiger partial charge in [-0.25, -0.2) is 19.5 Å². The van der Waals surface area contributed by atoms with Crippen molar-refractivity contribution in [3.8, 4) is 11.5 Å². The molecular weight excluding hydrogens is 456 g/mol. The van der Waals surface area contributed by atoms with Crippen molar-refractivity contribution in [3.05, 3.63) is 78.5 Å². The van der Waals surface area contributed by atoms with E-state index < -0.39 is 0 Å². The molecule has 9 nitrogen and oxygen atoms in total. The summed E-state index contributed by atoms with van der Waals surface area (Å²) in [4.78, 5) is 25.7. The average Bonchev–Trinajstić information content (AvgIpc) is 3.58. The van der Waals surface area contributed by atoms with Crippen LogP contribution in [0.3, 0.4) is 0 Å². The fourth-order valence-corrected chi connectivity index (χ4v) is 4.41. The summed E-state index contributed by atoms with van der Waals surface area (Å²) in [6.07, 6.45) is 6.04. The van der Waals surface area contributed by atoms with Crippen LogP contribution in [0, 0.1) is 12.8 Å². The first-order valence-corrected chi connectivity index (χ1v) is 11.8. The minimum absolute atomic E-state index is 0.00712. The van der Waals surface area contributed by atoms with Gasteiger partial charge in [0.15, 0.2) is 5.65 Å². The highest BCUT2D eigenvalue weighted by Crippen LogP contribution is 2.30. The molecule has 0 spiro atoms. The van der Waals surface area contributed by atoms with E-state index in [4.69, 9.17) is 9.47 Å². The van der Waals surface area contributed by atoms with Crippen molar-refractivity contribution in [2.45, 2.75) is 19.8 Å². The first kappa shape index (κ1) is 22.1. The van der Waals surface area contributed by atoms with Crippen LogP contribution in [0.1, 0.15) is 17.5 Å². The number of aromatic nitrogens is 5. The lowest BCUT2D eigenvalue weighted by Gasteiger charge is -2.13. The number of nitrogens with one attached hydrogen (secondary N) is 1. The lowest BCUT2D eigenvalue weighted by Crippen LogP contribution is -2.16. The lowest BCUT2D eigenvalue weighted by atomic mass is 9.96. The van der Waals surface area contributed by atoms with Crippen LogP contribution < -0.4 is 10.1 Å². The van der Waals surface area contributed by atoms with Crippen LogP contribution >= 0.6 is 0 Å². The maximum absolute atomic E-state index is 12.6. The van der Waals surface area contributed by atoms with Crippen molar-refractivity contribution in [2.75, 3.05) is 18.5 Å². The van der Waals surface area contributed by atoms with Crippen molar-refractivity contribution in [2.24, 2.45) is 5.92 Å². The van der Waals surface area contributed by atoms with E-state index in [1.54, 1.807) is 4.52 Å². The molecule has 1 unspecified atom stereocenters. The van der Waals surface area contributed by atoms with Gasteiger partial charge >= 0.3 is 0 Å². The first-order chi connectivity index (χ1) is 17.6. The first-order valence-electron chi connectivity index (χ1n) is 11.8. The number of hydrogen-bond acceptors (Lipinski definition) is 8. The Labute approximate surface area is 207 Å². The van der Waals surface area contributed by atoms with E-state index in [1.807, 2.05) is 61.7 Å². The Morgan fingerprint density at radius 2 is 2.06 bits per heavy atom. The second-order valence-electron chi connectivity index (χ2n) is 8.91. The van der Waals surface area contributed by atoms with Crippen LogP contribution in [0.5, 0.6) is 11.5 Å². The largest absolute Gasteiger partial charge is 0.457 e. The highest BCUT2D eigenvalue weighted by molar-refractivity contribution is 5.92. The number of ether oxygens (including phenoxy) is 2. The number of carbonyl (C=O) groups excluding carboxylic acids is 1. The highest BCUT2D eigenvalue weighted by atomic mass is 16.5. The number of anilines is 2. The molecular formula is C27H24N6O3. The average molecular weight is 481 g/mol. The maximum atomic E-state index is 12.6. The summed E-state index contributed by atoms with van der Waals surface area (Å²) in [7, 11) is 0. The number of benzene rings is 2. The molecule has 5 aromatic rings. The fourth-order valence-electron chi connectivity index (χ4n) is 4.41. The molecule has 1 N–H and O–H groups in total. The van der Waals surface area contributed by atoms with E-state index in [1.165, 1.54) is 12.7 Å². The van der Waals surface area contributed by atoms with Gasteiger partial charge in [0.05, 0.1) is 12.1 Å². The number of pyridine rings is 1. The molecule has 180 valence electrons. The normalized spacial score (nSPS) is 15.4. The van der Waals surface area contributed by atoms with Gasteiger partial charge in [-0.1, -0.05) is 6.07 Å². The molecule has 0 saturated carbocycles. The molecule has 1 atom stereocenters. The number of aryl methyl sites for hydroxylation is 1. The molecule has 36 heavy (non-hydrogen) atoms. The number of Topliss-reactive ketones (excluding diaryl/α,β-unsaturated/α-hetero) is 1. The Morgan fingerprint density at radius 1 is 1.11 bits per heavy atom. The molecule has 0 radical (unpaired) electrons. The summed E-state index contributed by atoms with van der Waals surface area (Å²) >= 11 is 0. The third-order valence-electron chi connectivity index (χ3n) is 6.38. The number of nitrogens with zero attached hydrogens (tertiary/aromatic N) is 5. The Kier molecular flexibility index (Phi) is 5.74. The summed E-state index contributed by atoms with van der Waals surface area (Å²) in [5, 5.41) is 8.37. The molecule has 1 saturated heterocycles. The van der Waals surface area contributed by atoms with Gasteiger partial charge in [0.25, 0.3) is 0 Å². The molecule has 0 bridgehead atoms. The highest BCUT2D eigenvalue weighted by Gasteiger charge is 2.23. The Bertz CT molecular complexity index is 1570. The van der Waals surface area contributed by atoms with Gasteiger partial charge in [-0.15, -0.1) is 0 Å². The number of rotatable bonds is 7. The van der Waals surface area contributed by atoms with Crippen molar-refractivity contribution < 1.29 is 14.3 Å². The van der Waals surface area contributed by atoms with Crippen LogP contribution in [-0.4, -0.2) is 43.6 Å². The summed E-state index contributed by atoms with van der Waals surface area (Å²) in [5.74, 6) is 2.32. The maximum Gasteiger partial charge on any atom is 0.158 e. The van der Waals surface area contributed by atoms with E-state index in [2.05, 4.69) is 25.4 Å². The van der Waals surface area contributed by atoms with Gasteiger partial charge in [-0.3, -0.25) is 4.79 Å². The van der Waals surface area contributed by atoms with E-state index in [-0.39, 0.29) is 11.7 Å². The zero-order chi connectivity index (χ0) is 24.5. The summed E-state index contributed by atoms with van der Waals surface area (Å²) in [6.45, 7) is 3.18. The van der Waals surface area contributed by atoms with Gasteiger partial charge < -0.3 is 14.8 Å². The molecule has 3 aromatic heterocycles. The third kappa shape index (κ3) is 4.48. The number of hydrogen-bond donors (Lipinski definition) is 1. The van der Waals surface area contributed by atoms with Crippen LogP contribution in [0.2, 0.25) is 0 Å². The smallest absolute Gasteiger partial charge is 0.158 e. The van der Waals surface area contributed by atoms with E-state index in [0.717, 1.165) is 45.5 Å². The molecule has 1 aliphatic heterocycles. The topological polar surface area (TPSA) is 104 Å². The summed E-state index contributed by atoms with van der Waals surface area (Å²) in [5.41, 5.74) is 4.31.